The maximum absolute atomic E-state index is 12.5. The lowest BCUT2D eigenvalue weighted by atomic mass is 10.2. The van der Waals surface area contributed by atoms with Crippen LogP contribution in [0.1, 0.15) is 12.0 Å². The zero-order chi connectivity index (χ0) is 16.6. The summed E-state index contributed by atoms with van der Waals surface area (Å²) in [5.74, 6) is -0.215. The van der Waals surface area contributed by atoms with E-state index in [9.17, 15) is 13.2 Å². The molecule has 1 aromatic carbocycles. The fourth-order valence-corrected chi connectivity index (χ4v) is 5.71. The van der Waals surface area contributed by atoms with Crippen molar-refractivity contribution in [3.63, 3.8) is 0 Å². The van der Waals surface area contributed by atoms with E-state index in [1.54, 1.807) is 11.0 Å². The molecule has 8 heteroatoms. The summed E-state index contributed by atoms with van der Waals surface area (Å²) in [5.41, 5.74) is 1.90. The molecule has 0 bridgehead atoms. The molecule has 5 nitrogen and oxygen atoms in total. The van der Waals surface area contributed by atoms with Gasteiger partial charge in [-0.05, 0) is 53.5 Å². The normalized spacial score (nSPS) is 18.6. The number of halogens is 1. The number of carbonyl (C=O) groups excluding carboxylic acids is 1. The Bertz CT molecular complexity index is 831. The number of anilines is 1. The molecule has 23 heavy (non-hydrogen) atoms. The summed E-state index contributed by atoms with van der Waals surface area (Å²) in [6.45, 7) is 2.48. The Morgan fingerprint density at radius 1 is 1.22 bits per heavy atom. The third-order valence-electron chi connectivity index (χ3n) is 3.66. The van der Waals surface area contributed by atoms with Gasteiger partial charge in [-0.15, -0.1) is 11.3 Å². The van der Waals surface area contributed by atoms with Crippen LogP contribution >= 0.6 is 27.3 Å². The fourth-order valence-electron chi connectivity index (χ4n) is 2.46. The molecule has 1 unspecified atom stereocenters. The highest BCUT2D eigenvalue weighted by molar-refractivity contribution is 9.11. The summed E-state index contributed by atoms with van der Waals surface area (Å²) in [6, 6.07) is 10.1. The van der Waals surface area contributed by atoms with Crippen molar-refractivity contribution in [3.8, 4) is 0 Å². The van der Waals surface area contributed by atoms with Crippen LogP contribution in [0.2, 0.25) is 0 Å². The first-order chi connectivity index (χ1) is 10.9. The summed E-state index contributed by atoms with van der Waals surface area (Å²) in [5, 5.41) is 0. The van der Waals surface area contributed by atoms with E-state index in [0.29, 0.717) is 13.0 Å². The summed E-state index contributed by atoms with van der Waals surface area (Å²) in [7, 11) is -3.68. The van der Waals surface area contributed by atoms with Crippen LogP contribution < -0.4 is 9.62 Å². The molecule has 1 atom stereocenters. The van der Waals surface area contributed by atoms with E-state index in [0.717, 1.165) is 26.4 Å². The largest absolute Gasteiger partial charge is 0.311 e. The molecule has 1 aromatic heterocycles. The highest BCUT2D eigenvalue weighted by atomic mass is 79.9. The number of hydrogen-bond acceptors (Lipinski definition) is 4. The molecule has 0 spiro atoms. The minimum atomic E-state index is -3.68. The molecule has 1 aliphatic rings. The molecular formula is C15H15BrN2O3S2. The monoisotopic (exact) mass is 414 g/mol. The molecular weight excluding hydrogens is 400 g/mol. The Hall–Kier alpha value is -1.22. The highest BCUT2D eigenvalue weighted by Crippen LogP contribution is 2.27. The zero-order valence-electron chi connectivity index (χ0n) is 12.3. The Kier molecular flexibility index (Phi) is 4.59. The minimum Gasteiger partial charge on any atom is -0.311 e. The third-order valence-corrected chi connectivity index (χ3v) is 7.25. The molecule has 1 fully saturated rings. The summed E-state index contributed by atoms with van der Waals surface area (Å²) in [6.07, 6.45) is 0.457. The van der Waals surface area contributed by atoms with Crippen LogP contribution in [0.5, 0.6) is 0 Å². The predicted molar refractivity (Wildman–Crippen MR) is 94.3 cm³/mol. The standard InChI is InChI=1S/C15H15BrN2O3S2/c1-10-2-4-11(5-3-10)18-9-8-12(15(18)19)17-23(20,21)14-7-6-13(16)22-14/h2-7,12,17H,8-9H2,1H3. The highest BCUT2D eigenvalue weighted by Gasteiger charge is 2.36. The van der Waals surface area contributed by atoms with E-state index in [4.69, 9.17) is 0 Å². The molecule has 1 aliphatic heterocycles. The van der Waals surface area contributed by atoms with Crippen LogP contribution in [0.15, 0.2) is 44.4 Å². The van der Waals surface area contributed by atoms with E-state index in [-0.39, 0.29) is 10.1 Å². The minimum absolute atomic E-state index is 0.200. The second-order valence-corrected chi connectivity index (χ2v) is 9.75. The first-order valence-corrected chi connectivity index (χ1v) is 10.1. The molecule has 0 saturated carbocycles. The first-order valence-electron chi connectivity index (χ1n) is 7.02. The van der Waals surface area contributed by atoms with Crippen molar-refractivity contribution in [2.45, 2.75) is 23.6 Å². The van der Waals surface area contributed by atoms with Gasteiger partial charge in [0.1, 0.15) is 10.3 Å². The Balaban J connectivity index is 1.76. The molecule has 3 rings (SSSR count). The van der Waals surface area contributed by atoms with Crippen LogP contribution in [0.4, 0.5) is 5.69 Å². The van der Waals surface area contributed by atoms with Gasteiger partial charge in [0.05, 0.1) is 3.79 Å². The van der Waals surface area contributed by atoms with Gasteiger partial charge in [0.2, 0.25) is 5.91 Å². The van der Waals surface area contributed by atoms with Gasteiger partial charge in [-0.25, -0.2) is 8.42 Å². The maximum atomic E-state index is 12.5. The molecule has 1 N–H and O–H groups in total. The van der Waals surface area contributed by atoms with Gasteiger partial charge >= 0.3 is 0 Å². The molecule has 1 amide bonds. The molecule has 0 aliphatic carbocycles. The average Bonchev–Trinajstić information content (AvgIpc) is 3.08. The van der Waals surface area contributed by atoms with Crippen LogP contribution in [0.3, 0.4) is 0 Å². The van der Waals surface area contributed by atoms with E-state index < -0.39 is 16.1 Å². The van der Waals surface area contributed by atoms with Crippen molar-refractivity contribution in [3.05, 3.63) is 45.7 Å². The van der Waals surface area contributed by atoms with Crippen molar-refractivity contribution in [2.75, 3.05) is 11.4 Å². The van der Waals surface area contributed by atoms with Crippen LogP contribution in [-0.2, 0) is 14.8 Å². The van der Waals surface area contributed by atoms with Gasteiger partial charge < -0.3 is 4.90 Å². The molecule has 1 saturated heterocycles. The summed E-state index contributed by atoms with van der Waals surface area (Å²) >= 11 is 4.37. The number of aryl methyl sites for hydroxylation is 1. The number of nitrogens with zero attached hydrogens (tertiary/aromatic N) is 1. The van der Waals surface area contributed by atoms with Crippen molar-refractivity contribution in [1.29, 1.82) is 0 Å². The fraction of sp³-hybridized carbons (Fsp3) is 0.267. The Morgan fingerprint density at radius 2 is 1.91 bits per heavy atom. The number of rotatable bonds is 4. The first kappa shape index (κ1) is 16.6. The number of sulfonamides is 1. The summed E-state index contributed by atoms with van der Waals surface area (Å²) < 4.78 is 28.1. The van der Waals surface area contributed by atoms with E-state index in [1.165, 1.54) is 6.07 Å². The number of nitrogens with one attached hydrogen (secondary N) is 1. The van der Waals surface area contributed by atoms with Gasteiger partial charge in [-0.3, -0.25) is 4.79 Å². The number of thiophene rings is 1. The number of carbonyl (C=O) groups is 1. The number of amides is 1. The molecule has 0 radical (unpaired) electrons. The topological polar surface area (TPSA) is 66.5 Å². The molecule has 122 valence electrons. The molecule has 2 aromatic rings. The lowest BCUT2D eigenvalue weighted by Crippen LogP contribution is -2.41. The maximum Gasteiger partial charge on any atom is 0.250 e. The van der Waals surface area contributed by atoms with E-state index in [1.807, 2.05) is 31.2 Å². The second-order valence-electron chi connectivity index (χ2n) is 5.35. The van der Waals surface area contributed by atoms with Crippen molar-refractivity contribution in [1.82, 2.24) is 4.72 Å². The second kappa shape index (κ2) is 6.35. The Labute approximate surface area is 147 Å². The van der Waals surface area contributed by atoms with Crippen molar-refractivity contribution >= 4 is 48.9 Å². The zero-order valence-corrected chi connectivity index (χ0v) is 15.5. The Morgan fingerprint density at radius 3 is 2.52 bits per heavy atom. The average molecular weight is 415 g/mol. The third kappa shape index (κ3) is 3.50. The smallest absolute Gasteiger partial charge is 0.250 e. The van der Waals surface area contributed by atoms with Gasteiger partial charge in [0, 0.05) is 12.2 Å². The molecule has 2 heterocycles. The van der Waals surface area contributed by atoms with Crippen molar-refractivity contribution in [2.24, 2.45) is 0 Å². The van der Waals surface area contributed by atoms with Gasteiger partial charge in [0.15, 0.2) is 0 Å². The van der Waals surface area contributed by atoms with Gasteiger partial charge in [-0.2, -0.15) is 4.72 Å². The number of hydrogen-bond donors (Lipinski definition) is 1. The van der Waals surface area contributed by atoms with E-state index >= 15 is 0 Å². The van der Waals surface area contributed by atoms with Crippen LogP contribution in [-0.4, -0.2) is 26.9 Å². The van der Waals surface area contributed by atoms with Crippen LogP contribution in [0.25, 0.3) is 0 Å². The van der Waals surface area contributed by atoms with Crippen LogP contribution in [0, 0.1) is 6.92 Å². The SMILES string of the molecule is Cc1ccc(N2CCC(NS(=O)(=O)c3ccc(Br)s3)C2=O)cc1. The van der Waals surface area contributed by atoms with E-state index in [2.05, 4.69) is 20.7 Å². The number of benzene rings is 1. The van der Waals surface area contributed by atoms with Gasteiger partial charge in [-0.1, -0.05) is 17.7 Å². The van der Waals surface area contributed by atoms with Crippen molar-refractivity contribution < 1.29 is 13.2 Å². The quantitative estimate of drug-likeness (QED) is 0.835. The predicted octanol–water partition coefficient (Wildman–Crippen LogP) is 2.90. The summed E-state index contributed by atoms with van der Waals surface area (Å²) in [4.78, 5) is 14.1. The van der Waals surface area contributed by atoms with Gasteiger partial charge in [0.25, 0.3) is 10.0 Å². The lowest BCUT2D eigenvalue weighted by molar-refractivity contribution is -0.118. The lowest BCUT2D eigenvalue weighted by Gasteiger charge is -2.17.